The van der Waals surface area contributed by atoms with Gasteiger partial charge in [-0.1, -0.05) is 12.1 Å². The summed E-state index contributed by atoms with van der Waals surface area (Å²) in [5.41, 5.74) is 0.890. The molecule has 2 unspecified atom stereocenters. The number of ketones is 1. The van der Waals surface area contributed by atoms with Crippen LogP contribution in [-0.4, -0.2) is 28.2 Å². The number of benzene rings is 1. The predicted molar refractivity (Wildman–Crippen MR) is 70.1 cm³/mol. The molecule has 2 N–H and O–H groups in total. The van der Waals surface area contributed by atoms with Crippen molar-refractivity contribution in [1.29, 1.82) is 0 Å². The number of aliphatic hydroxyl groups is 1. The van der Waals surface area contributed by atoms with Gasteiger partial charge in [0.05, 0.1) is 0 Å². The minimum absolute atomic E-state index is 0.182. The smallest absolute Gasteiger partial charge is 0.337 e. The first-order valence-electron chi connectivity index (χ1n) is 5.11. The van der Waals surface area contributed by atoms with Gasteiger partial charge in [-0.15, -0.1) is 23.4 Å². The molecule has 98 valence electrons. The van der Waals surface area contributed by atoms with E-state index in [4.69, 9.17) is 16.7 Å². The summed E-state index contributed by atoms with van der Waals surface area (Å²) >= 11 is 7.32. The van der Waals surface area contributed by atoms with E-state index in [-0.39, 0.29) is 11.3 Å². The molecule has 0 heterocycles. The van der Waals surface area contributed by atoms with Gasteiger partial charge in [0, 0.05) is 4.90 Å². The number of halogens is 1. The van der Waals surface area contributed by atoms with E-state index in [2.05, 4.69) is 0 Å². The van der Waals surface area contributed by atoms with Crippen molar-refractivity contribution in [2.45, 2.75) is 23.3 Å². The topological polar surface area (TPSA) is 74.6 Å². The van der Waals surface area contributed by atoms with Crippen LogP contribution in [-0.2, 0) is 9.59 Å². The normalized spacial score (nSPS) is 14.0. The highest BCUT2D eigenvalue weighted by Crippen LogP contribution is 2.32. The van der Waals surface area contributed by atoms with E-state index < -0.39 is 17.5 Å². The van der Waals surface area contributed by atoms with Gasteiger partial charge in [0.15, 0.2) is 11.9 Å². The molecule has 0 saturated carbocycles. The molecule has 0 amide bonds. The van der Waals surface area contributed by atoms with Crippen molar-refractivity contribution < 1.29 is 19.8 Å². The van der Waals surface area contributed by atoms with Crippen LogP contribution in [0.5, 0.6) is 0 Å². The Morgan fingerprint density at radius 3 is 2.44 bits per heavy atom. The largest absolute Gasteiger partial charge is 0.479 e. The number of thioether (sulfide) groups is 1. The first kappa shape index (κ1) is 15.0. The molecule has 1 rings (SSSR count). The van der Waals surface area contributed by atoms with Crippen LogP contribution < -0.4 is 0 Å². The number of rotatable bonds is 5. The van der Waals surface area contributed by atoms with Gasteiger partial charge < -0.3 is 10.2 Å². The number of hydrogen-bond donors (Lipinski definition) is 2. The average molecular weight is 289 g/mol. The number of carboxylic acids is 1. The molecule has 0 radical (unpaired) electrons. The highest BCUT2D eigenvalue weighted by atomic mass is 35.5. The lowest BCUT2D eigenvalue weighted by molar-refractivity contribution is -0.147. The van der Waals surface area contributed by atoms with Crippen LogP contribution in [0.15, 0.2) is 23.1 Å². The van der Waals surface area contributed by atoms with Gasteiger partial charge in [0.2, 0.25) is 0 Å². The lowest BCUT2D eigenvalue weighted by atomic mass is 10.0. The van der Waals surface area contributed by atoms with Crippen molar-refractivity contribution in [2.75, 3.05) is 6.26 Å². The van der Waals surface area contributed by atoms with E-state index in [9.17, 15) is 14.7 Å². The van der Waals surface area contributed by atoms with Crippen LogP contribution in [0.2, 0.25) is 0 Å². The SMILES string of the molecule is CSc1cc(C(O)C(=O)O)ccc1C(Cl)C(C)=O. The monoisotopic (exact) mass is 288 g/mol. The first-order chi connectivity index (χ1) is 8.38. The number of alkyl halides is 1. The fourth-order valence-electron chi connectivity index (χ4n) is 1.47. The number of carbonyl (C=O) groups excluding carboxylic acids is 1. The summed E-state index contributed by atoms with van der Waals surface area (Å²) in [5, 5.41) is 17.4. The summed E-state index contributed by atoms with van der Waals surface area (Å²) in [4.78, 5) is 22.6. The van der Waals surface area contributed by atoms with Crippen LogP contribution in [0, 0.1) is 0 Å². The van der Waals surface area contributed by atoms with Gasteiger partial charge in [0.1, 0.15) is 5.38 Å². The zero-order chi connectivity index (χ0) is 13.9. The molecule has 0 saturated heterocycles. The summed E-state index contributed by atoms with van der Waals surface area (Å²) in [5.74, 6) is -1.50. The van der Waals surface area contributed by atoms with Crippen LogP contribution in [0.1, 0.15) is 29.5 Å². The molecule has 0 aromatic heterocycles. The molecule has 0 aliphatic rings. The highest BCUT2D eigenvalue weighted by molar-refractivity contribution is 7.98. The maximum absolute atomic E-state index is 11.3. The van der Waals surface area contributed by atoms with E-state index in [0.29, 0.717) is 10.5 Å². The van der Waals surface area contributed by atoms with Gasteiger partial charge in [-0.05, 0) is 30.4 Å². The third-order valence-corrected chi connectivity index (χ3v) is 3.77. The standard InChI is InChI=1S/C12H13ClO4S/c1-6(14)10(13)8-4-3-7(5-9(8)18-2)11(15)12(16)17/h3-5,10-11,15H,1-2H3,(H,16,17). The van der Waals surface area contributed by atoms with Gasteiger partial charge in [-0.2, -0.15) is 0 Å². The molecule has 1 aromatic rings. The average Bonchev–Trinajstić information content (AvgIpc) is 2.35. The summed E-state index contributed by atoms with van der Waals surface area (Å²) in [6, 6.07) is 4.58. The highest BCUT2D eigenvalue weighted by Gasteiger charge is 2.21. The maximum atomic E-state index is 11.3. The second-order valence-electron chi connectivity index (χ2n) is 3.72. The molecule has 0 aliphatic carbocycles. The van der Waals surface area contributed by atoms with Crippen molar-refractivity contribution in [3.8, 4) is 0 Å². The number of carboxylic acid groups (broad SMARTS) is 1. The fourth-order valence-corrected chi connectivity index (χ4v) is 2.40. The van der Waals surface area contributed by atoms with Crippen molar-refractivity contribution in [1.82, 2.24) is 0 Å². The molecule has 4 nitrogen and oxygen atoms in total. The Balaban J connectivity index is 3.19. The number of aliphatic hydroxyl groups excluding tert-OH is 1. The minimum Gasteiger partial charge on any atom is -0.479 e. The summed E-state index contributed by atoms with van der Waals surface area (Å²) in [6.45, 7) is 1.39. The van der Waals surface area contributed by atoms with Crippen molar-refractivity contribution in [3.05, 3.63) is 29.3 Å². The van der Waals surface area contributed by atoms with Crippen molar-refractivity contribution >= 4 is 35.1 Å². The zero-order valence-electron chi connectivity index (χ0n) is 9.88. The van der Waals surface area contributed by atoms with E-state index in [1.807, 2.05) is 0 Å². The van der Waals surface area contributed by atoms with Gasteiger partial charge in [-0.3, -0.25) is 4.79 Å². The molecule has 18 heavy (non-hydrogen) atoms. The second-order valence-corrected chi connectivity index (χ2v) is 5.00. The molecule has 2 atom stereocenters. The van der Waals surface area contributed by atoms with Crippen molar-refractivity contribution in [2.24, 2.45) is 0 Å². The lowest BCUT2D eigenvalue weighted by Gasteiger charge is -2.14. The van der Waals surface area contributed by atoms with Gasteiger partial charge >= 0.3 is 5.97 Å². The Kier molecular flexibility index (Phi) is 5.19. The Labute approximate surface area is 114 Å². The van der Waals surface area contributed by atoms with Crippen LogP contribution >= 0.6 is 23.4 Å². The van der Waals surface area contributed by atoms with Crippen LogP contribution in [0.25, 0.3) is 0 Å². The second kappa shape index (κ2) is 6.22. The predicted octanol–water partition coefficient (Wildman–Crippen LogP) is 2.40. The zero-order valence-corrected chi connectivity index (χ0v) is 11.5. The quantitative estimate of drug-likeness (QED) is 0.643. The molecular formula is C12H13ClO4S. The Morgan fingerprint density at radius 2 is 2.00 bits per heavy atom. The first-order valence-corrected chi connectivity index (χ1v) is 6.77. The summed E-state index contributed by atoms with van der Waals surface area (Å²) < 4.78 is 0. The molecule has 6 heteroatoms. The maximum Gasteiger partial charge on any atom is 0.337 e. The Bertz CT molecular complexity index is 475. The molecule has 0 aliphatic heterocycles. The number of aliphatic carboxylic acids is 1. The van der Waals surface area contributed by atoms with Crippen LogP contribution in [0.4, 0.5) is 0 Å². The van der Waals surface area contributed by atoms with E-state index in [1.54, 1.807) is 12.3 Å². The number of Topliss-reactive ketones (excluding diaryl/α,β-unsaturated/α-hetero) is 1. The van der Waals surface area contributed by atoms with Crippen LogP contribution in [0.3, 0.4) is 0 Å². The minimum atomic E-state index is -1.57. The molecule has 0 bridgehead atoms. The van der Waals surface area contributed by atoms with E-state index in [1.165, 1.54) is 30.8 Å². The van der Waals surface area contributed by atoms with Crippen molar-refractivity contribution in [3.63, 3.8) is 0 Å². The lowest BCUT2D eigenvalue weighted by Crippen LogP contribution is -2.11. The summed E-state index contributed by atoms with van der Waals surface area (Å²) in [6.07, 6.45) is 0.218. The third-order valence-electron chi connectivity index (χ3n) is 2.44. The Morgan fingerprint density at radius 1 is 1.39 bits per heavy atom. The number of hydrogen-bond acceptors (Lipinski definition) is 4. The molecular weight excluding hydrogens is 276 g/mol. The molecule has 0 fully saturated rings. The Hall–Kier alpha value is -1.04. The fraction of sp³-hybridized carbons (Fsp3) is 0.333. The number of carbonyl (C=O) groups is 2. The molecule has 1 aromatic carbocycles. The third kappa shape index (κ3) is 3.25. The van der Waals surface area contributed by atoms with Gasteiger partial charge in [0.25, 0.3) is 0 Å². The van der Waals surface area contributed by atoms with Gasteiger partial charge in [-0.25, -0.2) is 4.79 Å². The molecule has 0 spiro atoms. The summed E-state index contributed by atoms with van der Waals surface area (Å²) in [7, 11) is 0. The van der Waals surface area contributed by atoms with E-state index >= 15 is 0 Å². The van der Waals surface area contributed by atoms with E-state index in [0.717, 1.165) is 0 Å².